The van der Waals surface area contributed by atoms with Crippen molar-refractivity contribution in [3.63, 3.8) is 0 Å². The molecule has 26 heavy (non-hydrogen) atoms. The lowest BCUT2D eigenvalue weighted by Crippen LogP contribution is -2.33. The molecule has 0 heterocycles. The molecule has 8 heteroatoms. The highest BCUT2D eigenvalue weighted by molar-refractivity contribution is 6.14. The van der Waals surface area contributed by atoms with Crippen LogP contribution in [-0.2, 0) is 14.3 Å². The van der Waals surface area contributed by atoms with Crippen molar-refractivity contribution in [1.29, 1.82) is 0 Å². The van der Waals surface area contributed by atoms with Crippen LogP contribution in [0, 0.1) is 10.3 Å². The standard InChI is InChI=1S/C18H20N2O6/c1-11(21)16-12(5-4-6-13(16)20-25)14(22)7-9-18(2,17(19)24)10-8-15(23)26-3/h4-7,9H,8,10H2,1-3H3,(H2,19,24)/b9-7+. The quantitative estimate of drug-likeness (QED) is 0.311. The fourth-order valence-electron chi connectivity index (χ4n) is 2.29. The van der Waals surface area contributed by atoms with Crippen molar-refractivity contribution in [2.75, 3.05) is 7.11 Å². The van der Waals surface area contributed by atoms with E-state index in [2.05, 4.69) is 9.91 Å². The largest absolute Gasteiger partial charge is 0.469 e. The maximum absolute atomic E-state index is 12.5. The summed E-state index contributed by atoms with van der Waals surface area (Å²) in [5.41, 5.74) is 3.88. The topological polar surface area (TPSA) is 133 Å². The van der Waals surface area contributed by atoms with E-state index in [9.17, 15) is 24.1 Å². The first kappa shape index (κ1) is 20.9. The van der Waals surface area contributed by atoms with E-state index in [1.807, 2.05) is 0 Å². The number of rotatable bonds is 9. The van der Waals surface area contributed by atoms with Crippen molar-refractivity contribution in [2.24, 2.45) is 16.3 Å². The average Bonchev–Trinajstić information content (AvgIpc) is 2.62. The van der Waals surface area contributed by atoms with Gasteiger partial charge in [0.15, 0.2) is 11.6 Å². The molecule has 0 aliphatic heterocycles. The van der Waals surface area contributed by atoms with Crippen molar-refractivity contribution in [2.45, 2.75) is 26.7 Å². The highest BCUT2D eigenvalue weighted by Crippen LogP contribution is 2.27. The van der Waals surface area contributed by atoms with Crippen LogP contribution in [0.2, 0.25) is 0 Å². The van der Waals surface area contributed by atoms with Crippen molar-refractivity contribution in [3.8, 4) is 0 Å². The Kier molecular flexibility index (Phi) is 7.06. The Morgan fingerprint density at radius 3 is 2.42 bits per heavy atom. The highest BCUT2D eigenvalue weighted by Gasteiger charge is 2.29. The Labute approximate surface area is 150 Å². The minimum Gasteiger partial charge on any atom is -0.469 e. The third-order valence-electron chi connectivity index (χ3n) is 4.00. The van der Waals surface area contributed by atoms with Crippen LogP contribution in [0.15, 0.2) is 35.5 Å². The van der Waals surface area contributed by atoms with Crippen LogP contribution >= 0.6 is 0 Å². The molecule has 1 aromatic rings. The number of ketones is 2. The average molecular weight is 360 g/mol. The smallest absolute Gasteiger partial charge is 0.305 e. The zero-order valence-electron chi connectivity index (χ0n) is 14.8. The van der Waals surface area contributed by atoms with Gasteiger partial charge in [-0.2, -0.15) is 0 Å². The number of esters is 1. The van der Waals surface area contributed by atoms with Gasteiger partial charge in [0, 0.05) is 12.0 Å². The van der Waals surface area contributed by atoms with Gasteiger partial charge in [0.1, 0.15) is 5.69 Å². The summed E-state index contributed by atoms with van der Waals surface area (Å²) in [7, 11) is 1.22. The van der Waals surface area contributed by atoms with E-state index in [1.165, 1.54) is 45.2 Å². The van der Waals surface area contributed by atoms with E-state index in [1.54, 1.807) is 0 Å². The van der Waals surface area contributed by atoms with Crippen LogP contribution in [0.5, 0.6) is 0 Å². The highest BCUT2D eigenvalue weighted by atomic mass is 16.5. The Balaban J connectivity index is 3.18. The normalized spacial score (nSPS) is 13.0. The number of allylic oxidation sites excluding steroid dienone is 1. The van der Waals surface area contributed by atoms with Gasteiger partial charge in [0.05, 0.1) is 18.1 Å². The number of nitroso groups, excluding NO2 is 1. The molecule has 1 amide bonds. The van der Waals surface area contributed by atoms with Gasteiger partial charge in [-0.25, -0.2) is 0 Å². The Bertz CT molecular complexity index is 784. The first-order valence-electron chi connectivity index (χ1n) is 7.74. The molecular formula is C18H20N2O6. The van der Waals surface area contributed by atoms with E-state index in [0.717, 1.165) is 6.08 Å². The fourth-order valence-corrected chi connectivity index (χ4v) is 2.29. The number of ether oxygens (including phenoxy) is 1. The molecule has 0 radical (unpaired) electrons. The summed E-state index contributed by atoms with van der Waals surface area (Å²) in [5.74, 6) is -2.31. The van der Waals surface area contributed by atoms with Crippen LogP contribution in [-0.4, -0.2) is 30.6 Å². The summed E-state index contributed by atoms with van der Waals surface area (Å²) in [4.78, 5) is 58.1. The summed E-state index contributed by atoms with van der Waals surface area (Å²) in [6.07, 6.45) is 2.37. The summed E-state index contributed by atoms with van der Waals surface area (Å²) in [6.45, 7) is 2.70. The first-order chi connectivity index (χ1) is 12.2. The number of carbonyl (C=O) groups excluding carboxylic acids is 4. The van der Waals surface area contributed by atoms with Gasteiger partial charge in [-0.3, -0.25) is 19.2 Å². The van der Waals surface area contributed by atoms with Gasteiger partial charge < -0.3 is 10.5 Å². The molecule has 138 valence electrons. The number of amides is 1. The molecule has 0 aliphatic rings. The minimum absolute atomic E-state index is 0.00867. The van der Waals surface area contributed by atoms with Gasteiger partial charge in [-0.1, -0.05) is 18.2 Å². The van der Waals surface area contributed by atoms with E-state index in [4.69, 9.17) is 5.73 Å². The second-order valence-corrected chi connectivity index (χ2v) is 5.90. The Morgan fingerprint density at radius 1 is 1.27 bits per heavy atom. The minimum atomic E-state index is -1.26. The van der Waals surface area contributed by atoms with Crippen LogP contribution in [0.4, 0.5) is 5.69 Å². The zero-order chi connectivity index (χ0) is 19.9. The lowest BCUT2D eigenvalue weighted by atomic mass is 9.83. The van der Waals surface area contributed by atoms with Gasteiger partial charge in [0.25, 0.3) is 0 Å². The molecule has 0 spiro atoms. The molecule has 1 aromatic carbocycles. The number of methoxy groups -OCH3 is 1. The monoisotopic (exact) mass is 360 g/mol. The van der Waals surface area contributed by atoms with E-state index in [0.29, 0.717) is 0 Å². The van der Waals surface area contributed by atoms with Gasteiger partial charge in [-0.05, 0) is 37.6 Å². The van der Waals surface area contributed by atoms with Crippen molar-refractivity contribution in [1.82, 2.24) is 0 Å². The molecule has 1 atom stereocenters. The number of primary amides is 1. The maximum Gasteiger partial charge on any atom is 0.305 e. The molecule has 8 nitrogen and oxygen atoms in total. The van der Waals surface area contributed by atoms with Crippen LogP contribution in [0.25, 0.3) is 0 Å². The van der Waals surface area contributed by atoms with E-state index in [-0.39, 0.29) is 29.7 Å². The molecule has 0 aliphatic carbocycles. The molecule has 1 unspecified atom stereocenters. The second kappa shape index (κ2) is 8.80. The number of nitrogens with two attached hydrogens (primary N) is 1. The molecule has 0 bridgehead atoms. The maximum atomic E-state index is 12.5. The third-order valence-corrected chi connectivity index (χ3v) is 4.00. The fraction of sp³-hybridized carbons (Fsp3) is 0.333. The van der Waals surface area contributed by atoms with Gasteiger partial charge in [0.2, 0.25) is 5.91 Å². The number of Topliss-reactive ketones (excluding diaryl/α,β-unsaturated/α-hetero) is 1. The molecule has 0 fully saturated rings. The molecule has 1 rings (SSSR count). The van der Waals surface area contributed by atoms with Crippen molar-refractivity contribution < 1.29 is 23.9 Å². The summed E-state index contributed by atoms with van der Waals surface area (Å²) < 4.78 is 4.53. The number of hydrogen-bond donors (Lipinski definition) is 1. The number of hydrogen-bond acceptors (Lipinski definition) is 7. The molecule has 0 saturated heterocycles. The summed E-state index contributed by atoms with van der Waals surface area (Å²) >= 11 is 0. The van der Waals surface area contributed by atoms with Crippen molar-refractivity contribution in [3.05, 3.63) is 46.4 Å². The van der Waals surface area contributed by atoms with Crippen LogP contribution < -0.4 is 5.73 Å². The van der Waals surface area contributed by atoms with Gasteiger partial charge >= 0.3 is 5.97 Å². The molecule has 2 N–H and O–H groups in total. The van der Waals surface area contributed by atoms with E-state index >= 15 is 0 Å². The molecular weight excluding hydrogens is 340 g/mol. The van der Waals surface area contributed by atoms with Crippen molar-refractivity contribution >= 4 is 29.1 Å². The first-order valence-corrected chi connectivity index (χ1v) is 7.74. The van der Waals surface area contributed by atoms with Crippen LogP contribution in [0.1, 0.15) is 47.4 Å². The zero-order valence-corrected chi connectivity index (χ0v) is 14.8. The Morgan fingerprint density at radius 2 is 1.92 bits per heavy atom. The lowest BCUT2D eigenvalue weighted by Gasteiger charge is -2.21. The summed E-state index contributed by atoms with van der Waals surface area (Å²) in [6, 6.07) is 4.14. The van der Waals surface area contributed by atoms with Gasteiger partial charge in [-0.15, -0.1) is 4.91 Å². The SMILES string of the molecule is COC(=O)CCC(C)(/C=C/C(=O)c1cccc(N=O)c1C(C)=O)C(N)=O. The van der Waals surface area contributed by atoms with E-state index < -0.39 is 28.9 Å². The molecule has 0 saturated carbocycles. The number of nitrogens with zero attached hydrogens (tertiary/aromatic N) is 1. The summed E-state index contributed by atoms with van der Waals surface area (Å²) in [5, 5.41) is 2.76. The predicted octanol–water partition coefficient (Wildman–Crippen LogP) is 2.47. The molecule has 0 aromatic heterocycles. The lowest BCUT2D eigenvalue weighted by molar-refractivity contribution is -0.141. The third kappa shape index (κ3) is 4.92. The van der Waals surface area contributed by atoms with Crippen LogP contribution in [0.3, 0.4) is 0 Å². The number of carbonyl (C=O) groups is 4. The predicted molar refractivity (Wildman–Crippen MR) is 93.9 cm³/mol. The Hall–Kier alpha value is -3.16. The number of benzene rings is 1. The second-order valence-electron chi connectivity index (χ2n) is 5.90.